The van der Waals surface area contributed by atoms with Crippen molar-refractivity contribution in [3.8, 4) is 0 Å². The van der Waals surface area contributed by atoms with E-state index in [1.807, 2.05) is 12.1 Å². The maximum atomic E-state index is 14.2. The van der Waals surface area contributed by atoms with Gasteiger partial charge in [0.25, 0.3) is 5.91 Å². The van der Waals surface area contributed by atoms with E-state index in [0.717, 1.165) is 49.8 Å². The number of hydrogen-bond donors (Lipinski definition) is 2. The molecule has 0 spiro atoms. The summed E-state index contributed by atoms with van der Waals surface area (Å²) in [5, 5.41) is 5.02. The van der Waals surface area contributed by atoms with Crippen LogP contribution in [0.15, 0.2) is 42.5 Å². The predicted octanol–water partition coefficient (Wildman–Crippen LogP) is 2.97. The number of rotatable bonds is 5. The predicted molar refractivity (Wildman–Crippen MR) is 110 cm³/mol. The number of imide groups is 1. The van der Waals surface area contributed by atoms with Gasteiger partial charge in [-0.05, 0) is 62.2 Å². The zero-order valence-corrected chi connectivity index (χ0v) is 17.0. The number of carbonyl (C=O) groups excluding carboxylic acids is 3. The van der Waals surface area contributed by atoms with Crippen molar-refractivity contribution < 1.29 is 23.2 Å². The molecule has 0 bridgehead atoms. The van der Waals surface area contributed by atoms with E-state index < -0.39 is 41.6 Å². The summed E-state index contributed by atoms with van der Waals surface area (Å²) in [6.45, 7) is 2.73. The molecule has 9 heteroatoms. The van der Waals surface area contributed by atoms with E-state index in [2.05, 4.69) is 15.5 Å². The van der Waals surface area contributed by atoms with Crippen LogP contribution in [0.3, 0.4) is 0 Å². The summed E-state index contributed by atoms with van der Waals surface area (Å²) in [6, 6.07) is 9.12. The van der Waals surface area contributed by atoms with Crippen LogP contribution in [-0.4, -0.2) is 42.4 Å². The average molecular weight is 428 g/mol. The average Bonchev–Trinajstić information content (AvgIpc) is 3.34. The highest BCUT2D eigenvalue weighted by Crippen LogP contribution is 2.31. The summed E-state index contributed by atoms with van der Waals surface area (Å²) in [4.78, 5) is 40.6. The Bertz CT molecular complexity index is 1040. The first kappa shape index (κ1) is 20.8. The molecule has 4 amide bonds. The van der Waals surface area contributed by atoms with Crippen LogP contribution in [0.2, 0.25) is 0 Å². The second kappa shape index (κ2) is 7.98. The first-order valence-corrected chi connectivity index (χ1v) is 10.0. The number of benzene rings is 2. The van der Waals surface area contributed by atoms with Gasteiger partial charge in [-0.15, -0.1) is 0 Å². The van der Waals surface area contributed by atoms with E-state index in [-0.39, 0.29) is 5.56 Å². The molecule has 162 valence electrons. The Morgan fingerprint density at radius 2 is 1.77 bits per heavy atom. The molecule has 2 fully saturated rings. The molecular weight excluding hydrogens is 406 g/mol. The van der Waals surface area contributed by atoms with Gasteiger partial charge < -0.3 is 15.5 Å². The minimum Gasteiger partial charge on any atom is -0.372 e. The van der Waals surface area contributed by atoms with Crippen LogP contribution in [0.4, 0.5) is 25.0 Å². The smallest absolute Gasteiger partial charge is 0.325 e. The van der Waals surface area contributed by atoms with Gasteiger partial charge in [0.1, 0.15) is 23.7 Å². The molecule has 31 heavy (non-hydrogen) atoms. The Balaban J connectivity index is 1.44. The van der Waals surface area contributed by atoms with E-state index in [0.29, 0.717) is 10.6 Å². The summed E-state index contributed by atoms with van der Waals surface area (Å²) < 4.78 is 27.8. The molecule has 2 aliphatic rings. The summed E-state index contributed by atoms with van der Waals surface area (Å²) in [5.41, 5.74) is -0.510. The quantitative estimate of drug-likeness (QED) is 0.718. The first-order chi connectivity index (χ1) is 14.8. The number of nitrogens with one attached hydrogen (secondary N) is 2. The standard InChI is InChI=1S/C22H22F2N4O3/c1-22(17-12-14(23)4-9-18(17)24)20(30)28(21(31)26-22)13-19(29)25-15-5-7-16(8-6-15)27-10-2-3-11-27/h4-9,12H,2-3,10-11,13H2,1H3,(H,25,29)(H,26,31). The molecule has 2 saturated heterocycles. The Morgan fingerprint density at radius 3 is 2.45 bits per heavy atom. The lowest BCUT2D eigenvalue weighted by Gasteiger charge is -2.22. The minimum atomic E-state index is -1.80. The van der Waals surface area contributed by atoms with E-state index in [4.69, 9.17) is 0 Å². The molecule has 2 aromatic carbocycles. The fraction of sp³-hybridized carbons (Fsp3) is 0.318. The van der Waals surface area contributed by atoms with Crippen molar-refractivity contribution in [1.82, 2.24) is 10.2 Å². The topological polar surface area (TPSA) is 81.8 Å². The van der Waals surface area contributed by atoms with Crippen LogP contribution in [-0.2, 0) is 15.1 Å². The Morgan fingerprint density at radius 1 is 1.10 bits per heavy atom. The van der Waals surface area contributed by atoms with Crippen molar-refractivity contribution in [3.63, 3.8) is 0 Å². The van der Waals surface area contributed by atoms with Gasteiger partial charge in [0.15, 0.2) is 0 Å². The fourth-order valence-corrected chi connectivity index (χ4v) is 3.98. The third-order valence-corrected chi connectivity index (χ3v) is 5.67. The largest absolute Gasteiger partial charge is 0.372 e. The van der Waals surface area contributed by atoms with E-state index in [1.165, 1.54) is 6.92 Å². The van der Waals surface area contributed by atoms with Crippen molar-refractivity contribution in [2.45, 2.75) is 25.3 Å². The lowest BCUT2D eigenvalue weighted by molar-refractivity contribution is -0.133. The molecule has 0 aromatic heterocycles. The molecule has 0 saturated carbocycles. The fourth-order valence-electron chi connectivity index (χ4n) is 3.98. The van der Waals surface area contributed by atoms with Crippen LogP contribution < -0.4 is 15.5 Å². The Hall–Kier alpha value is -3.49. The van der Waals surface area contributed by atoms with Crippen LogP contribution >= 0.6 is 0 Å². The third-order valence-electron chi connectivity index (χ3n) is 5.67. The maximum Gasteiger partial charge on any atom is 0.325 e. The second-order valence-electron chi connectivity index (χ2n) is 7.86. The van der Waals surface area contributed by atoms with Gasteiger partial charge in [0.2, 0.25) is 5.91 Å². The van der Waals surface area contributed by atoms with Crippen LogP contribution in [0.1, 0.15) is 25.3 Å². The SMILES string of the molecule is CC1(c2cc(F)ccc2F)NC(=O)N(CC(=O)Nc2ccc(N3CCCC3)cc2)C1=O. The summed E-state index contributed by atoms with van der Waals surface area (Å²) in [7, 11) is 0. The van der Waals surface area contributed by atoms with Crippen LogP contribution in [0, 0.1) is 11.6 Å². The third kappa shape index (κ3) is 3.95. The minimum absolute atomic E-state index is 0.300. The molecule has 7 nitrogen and oxygen atoms in total. The number of urea groups is 1. The summed E-state index contributed by atoms with van der Waals surface area (Å²) >= 11 is 0. The van der Waals surface area contributed by atoms with Gasteiger partial charge >= 0.3 is 6.03 Å². The van der Waals surface area contributed by atoms with Gasteiger partial charge in [0, 0.05) is 30.0 Å². The zero-order chi connectivity index (χ0) is 22.2. The summed E-state index contributed by atoms with van der Waals surface area (Å²) in [6.07, 6.45) is 2.31. The first-order valence-electron chi connectivity index (χ1n) is 10.0. The number of halogens is 2. The molecule has 2 aromatic rings. The highest BCUT2D eigenvalue weighted by atomic mass is 19.1. The maximum absolute atomic E-state index is 14.2. The molecule has 2 aliphatic heterocycles. The molecule has 0 aliphatic carbocycles. The number of carbonyl (C=O) groups is 3. The Labute approximate surface area is 178 Å². The number of anilines is 2. The molecule has 0 radical (unpaired) electrons. The molecule has 1 unspecified atom stereocenters. The van der Waals surface area contributed by atoms with Crippen molar-refractivity contribution in [2.75, 3.05) is 29.9 Å². The molecule has 1 atom stereocenters. The van der Waals surface area contributed by atoms with Gasteiger partial charge in [0.05, 0.1) is 0 Å². The van der Waals surface area contributed by atoms with Crippen molar-refractivity contribution in [1.29, 1.82) is 0 Å². The highest BCUT2D eigenvalue weighted by molar-refractivity contribution is 6.10. The molecular formula is C22H22F2N4O3. The van der Waals surface area contributed by atoms with Gasteiger partial charge in [-0.2, -0.15) is 0 Å². The molecule has 2 N–H and O–H groups in total. The van der Waals surface area contributed by atoms with Crippen molar-refractivity contribution in [3.05, 3.63) is 59.7 Å². The second-order valence-corrected chi connectivity index (χ2v) is 7.86. The highest BCUT2D eigenvalue weighted by Gasteiger charge is 2.50. The van der Waals surface area contributed by atoms with Gasteiger partial charge in [-0.25, -0.2) is 13.6 Å². The lowest BCUT2D eigenvalue weighted by Crippen LogP contribution is -2.42. The molecule has 4 rings (SSSR count). The summed E-state index contributed by atoms with van der Waals surface area (Å²) in [5.74, 6) is -2.99. The zero-order valence-electron chi connectivity index (χ0n) is 17.0. The van der Waals surface area contributed by atoms with Crippen LogP contribution in [0.25, 0.3) is 0 Å². The number of hydrogen-bond acceptors (Lipinski definition) is 4. The number of nitrogens with zero attached hydrogens (tertiary/aromatic N) is 2. The normalized spacial score (nSPS) is 20.9. The van der Waals surface area contributed by atoms with Gasteiger partial charge in [-0.1, -0.05) is 0 Å². The van der Waals surface area contributed by atoms with Crippen molar-refractivity contribution in [2.24, 2.45) is 0 Å². The van der Waals surface area contributed by atoms with Crippen LogP contribution in [0.5, 0.6) is 0 Å². The lowest BCUT2D eigenvalue weighted by atomic mass is 9.91. The van der Waals surface area contributed by atoms with Gasteiger partial charge in [-0.3, -0.25) is 14.5 Å². The monoisotopic (exact) mass is 428 g/mol. The van der Waals surface area contributed by atoms with E-state index in [9.17, 15) is 23.2 Å². The van der Waals surface area contributed by atoms with Crippen molar-refractivity contribution >= 4 is 29.2 Å². The van der Waals surface area contributed by atoms with E-state index >= 15 is 0 Å². The van der Waals surface area contributed by atoms with E-state index in [1.54, 1.807) is 12.1 Å². The molecule has 2 heterocycles. The number of amides is 4. The Kier molecular flexibility index (Phi) is 5.34.